The molecule has 6 nitrogen and oxygen atoms in total. The van der Waals surface area contributed by atoms with E-state index in [9.17, 15) is 28.8 Å². The van der Waals surface area contributed by atoms with E-state index in [1.807, 2.05) is 60.7 Å². The largest absolute Gasteiger partial charge is 0.508 e. The van der Waals surface area contributed by atoms with E-state index in [4.69, 9.17) is 0 Å². The summed E-state index contributed by atoms with van der Waals surface area (Å²) in [5, 5.41) is 42.4. The normalized spacial score (nSPS) is 11.5. The molecule has 0 aliphatic heterocycles. The highest BCUT2D eigenvalue weighted by atomic mass is 32.2. The molecular weight excluding hydrogens is 512 g/mol. The first-order valence-corrected chi connectivity index (χ1v) is 14.7. The molecule has 4 rings (SSSR count). The first-order valence-electron chi connectivity index (χ1n) is 13.2. The lowest BCUT2D eigenvalue weighted by Crippen LogP contribution is -2.06. The third kappa shape index (κ3) is 7.12. The number of sulfone groups is 1. The van der Waals surface area contributed by atoms with E-state index in [-0.39, 0.29) is 11.5 Å². The molecule has 0 unspecified atom stereocenters. The molecule has 39 heavy (non-hydrogen) atoms. The zero-order valence-corrected chi connectivity index (χ0v) is 22.6. The Morgan fingerprint density at radius 1 is 0.487 bits per heavy atom. The number of hydrogen-bond acceptors (Lipinski definition) is 6. The fourth-order valence-corrected chi connectivity index (χ4v) is 6.35. The fourth-order valence-electron chi connectivity index (χ4n) is 4.79. The molecule has 0 bridgehead atoms. The van der Waals surface area contributed by atoms with Crippen molar-refractivity contribution in [3.63, 3.8) is 0 Å². The third-order valence-electron chi connectivity index (χ3n) is 6.87. The zero-order valence-electron chi connectivity index (χ0n) is 21.8. The first-order chi connectivity index (χ1) is 18.8. The van der Waals surface area contributed by atoms with E-state index >= 15 is 0 Å². The number of phenolic OH excluding ortho intramolecular Hbond substituents is 4. The van der Waals surface area contributed by atoms with Crippen LogP contribution in [0.1, 0.15) is 47.9 Å². The Labute approximate surface area is 229 Å². The number of phenols is 4. The number of benzene rings is 4. The van der Waals surface area contributed by atoms with Crippen molar-refractivity contribution in [2.24, 2.45) is 0 Å². The highest BCUT2D eigenvalue weighted by Gasteiger charge is 2.29. The van der Waals surface area contributed by atoms with Gasteiger partial charge in [-0.15, -0.1) is 0 Å². The van der Waals surface area contributed by atoms with Crippen molar-refractivity contribution < 1.29 is 28.8 Å². The van der Waals surface area contributed by atoms with E-state index in [1.165, 1.54) is 23.3 Å². The highest BCUT2D eigenvalue weighted by Crippen LogP contribution is 2.41. The summed E-state index contributed by atoms with van der Waals surface area (Å²) in [6.07, 6.45) is 5.42. The van der Waals surface area contributed by atoms with Gasteiger partial charge in [0.15, 0.2) is 0 Å². The lowest BCUT2D eigenvalue weighted by Gasteiger charge is -2.15. The van der Waals surface area contributed by atoms with Crippen LogP contribution in [0.15, 0.2) is 94.7 Å². The molecule has 4 aromatic rings. The van der Waals surface area contributed by atoms with E-state index in [0.29, 0.717) is 36.8 Å². The Morgan fingerprint density at radius 3 is 1.23 bits per heavy atom. The number of aryl methyl sites for hydroxylation is 4. The van der Waals surface area contributed by atoms with Crippen LogP contribution in [-0.4, -0.2) is 28.8 Å². The van der Waals surface area contributed by atoms with Gasteiger partial charge in [0.1, 0.15) is 32.8 Å². The number of hydrogen-bond donors (Lipinski definition) is 4. The molecule has 0 saturated carbocycles. The van der Waals surface area contributed by atoms with Crippen molar-refractivity contribution in [1.29, 1.82) is 0 Å². The molecule has 0 heterocycles. The summed E-state index contributed by atoms with van der Waals surface area (Å²) in [6, 6.07) is 24.6. The summed E-state index contributed by atoms with van der Waals surface area (Å²) in [6.45, 7) is 0. The Kier molecular flexibility index (Phi) is 9.15. The van der Waals surface area contributed by atoms with Gasteiger partial charge in [-0.25, -0.2) is 8.42 Å². The maximum Gasteiger partial charge on any atom is 0.214 e. The second-order valence-corrected chi connectivity index (χ2v) is 11.7. The molecular formula is C32H34O6S. The molecule has 0 aliphatic carbocycles. The number of unbranched alkanes of at least 4 members (excludes halogenated alkanes) is 2. The van der Waals surface area contributed by atoms with Gasteiger partial charge in [0, 0.05) is 12.1 Å². The van der Waals surface area contributed by atoms with Gasteiger partial charge in [-0.3, -0.25) is 0 Å². The van der Waals surface area contributed by atoms with Crippen LogP contribution in [0, 0.1) is 0 Å². The maximum absolute atomic E-state index is 13.6. The molecule has 0 fully saturated rings. The minimum atomic E-state index is -4.46. The predicted octanol–water partition coefficient (Wildman–Crippen LogP) is 6.47. The van der Waals surface area contributed by atoms with Crippen molar-refractivity contribution in [2.45, 2.75) is 61.2 Å². The van der Waals surface area contributed by atoms with Gasteiger partial charge >= 0.3 is 0 Å². The molecule has 0 aliphatic rings. The lowest BCUT2D eigenvalue weighted by atomic mass is 10.0. The van der Waals surface area contributed by atoms with Gasteiger partial charge in [0.05, 0.1) is 0 Å². The number of aromatic hydroxyl groups is 4. The summed E-state index contributed by atoms with van der Waals surface area (Å²) < 4.78 is 27.1. The molecule has 0 saturated heterocycles. The molecule has 7 heteroatoms. The quantitative estimate of drug-likeness (QED) is 0.120. The van der Waals surface area contributed by atoms with Gasteiger partial charge in [-0.1, -0.05) is 60.7 Å². The summed E-state index contributed by atoms with van der Waals surface area (Å²) in [7, 11) is -4.46. The average molecular weight is 547 g/mol. The zero-order chi connectivity index (χ0) is 27.8. The molecule has 0 atom stereocenters. The minimum Gasteiger partial charge on any atom is -0.508 e. The van der Waals surface area contributed by atoms with E-state index in [0.717, 1.165) is 37.8 Å². The van der Waals surface area contributed by atoms with Crippen LogP contribution >= 0.6 is 0 Å². The van der Waals surface area contributed by atoms with Crippen molar-refractivity contribution in [3.05, 3.63) is 107 Å². The van der Waals surface area contributed by atoms with E-state index < -0.39 is 31.1 Å². The topological polar surface area (TPSA) is 115 Å². The second kappa shape index (κ2) is 12.7. The van der Waals surface area contributed by atoms with Crippen LogP contribution in [0.3, 0.4) is 0 Å². The van der Waals surface area contributed by atoms with Crippen molar-refractivity contribution in [3.8, 4) is 23.0 Å². The molecule has 0 aromatic heterocycles. The lowest BCUT2D eigenvalue weighted by molar-refractivity contribution is 0.431. The van der Waals surface area contributed by atoms with Crippen LogP contribution in [-0.2, 0) is 35.5 Å². The molecule has 4 N–H and O–H groups in total. The summed E-state index contributed by atoms with van der Waals surface area (Å²) >= 11 is 0. The summed E-state index contributed by atoms with van der Waals surface area (Å²) in [5.74, 6) is -1.52. The fraction of sp³-hybridized carbons (Fsp3) is 0.250. The Bertz CT molecular complexity index is 1390. The Morgan fingerprint density at radius 2 is 0.846 bits per heavy atom. The minimum absolute atomic E-state index is 0.301. The molecule has 0 amide bonds. The predicted molar refractivity (Wildman–Crippen MR) is 151 cm³/mol. The van der Waals surface area contributed by atoms with Crippen LogP contribution in [0.4, 0.5) is 0 Å². The average Bonchev–Trinajstić information content (AvgIpc) is 2.93. The van der Waals surface area contributed by atoms with Crippen molar-refractivity contribution in [1.82, 2.24) is 0 Å². The SMILES string of the molecule is O=S(=O)(c1cc(O)cc(CCCCc2ccccc2)c1O)c1cc(O)cc(CCCCc2ccccc2)c1O. The van der Waals surface area contributed by atoms with Gasteiger partial charge in [0.25, 0.3) is 0 Å². The maximum atomic E-state index is 13.6. The Hall–Kier alpha value is -3.97. The van der Waals surface area contributed by atoms with Gasteiger partial charge in [0.2, 0.25) is 9.84 Å². The van der Waals surface area contributed by atoms with Crippen molar-refractivity contribution in [2.75, 3.05) is 0 Å². The smallest absolute Gasteiger partial charge is 0.214 e. The van der Waals surface area contributed by atoms with Crippen LogP contribution < -0.4 is 0 Å². The monoisotopic (exact) mass is 546 g/mol. The number of rotatable bonds is 12. The van der Waals surface area contributed by atoms with Crippen LogP contribution in [0.2, 0.25) is 0 Å². The van der Waals surface area contributed by atoms with Crippen molar-refractivity contribution >= 4 is 9.84 Å². The summed E-state index contributed by atoms with van der Waals surface area (Å²) in [4.78, 5) is -1.01. The van der Waals surface area contributed by atoms with Gasteiger partial charge in [-0.05, 0) is 85.8 Å². The first kappa shape index (κ1) is 28.0. The van der Waals surface area contributed by atoms with E-state index in [1.54, 1.807) is 0 Å². The Balaban J connectivity index is 1.50. The van der Waals surface area contributed by atoms with Crippen LogP contribution in [0.25, 0.3) is 0 Å². The van der Waals surface area contributed by atoms with E-state index in [2.05, 4.69) is 0 Å². The van der Waals surface area contributed by atoms with Crippen LogP contribution in [0.5, 0.6) is 23.0 Å². The molecule has 0 radical (unpaired) electrons. The van der Waals surface area contributed by atoms with Gasteiger partial charge < -0.3 is 20.4 Å². The molecule has 0 spiro atoms. The summed E-state index contributed by atoms with van der Waals surface area (Å²) in [5.41, 5.74) is 3.00. The molecule has 4 aromatic carbocycles. The van der Waals surface area contributed by atoms with Gasteiger partial charge in [-0.2, -0.15) is 0 Å². The third-order valence-corrected chi connectivity index (χ3v) is 8.65. The highest BCUT2D eigenvalue weighted by molar-refractivity contribution is 7.91. The molecule has 204 valence electrons. The second-order valence-electron chi connectivity index (χ2n) is 9.79. The standard InChI is InChI=1S/C32H34O6S/c33-27-19-25(17-9-7-15-23-11-3-1-4-12-23)31(35)29(21-27)39(37,38)30-22-28(34)20-26(32(30)36)18-10-8-16-24-13-5-2-6-14-24/h1-6,11-14,19-22,33-36H,7-10,15-18H2.